The first-order valence-corrected chi connectivity index (χ1v) is 7.88. The normalized spacial score (nSPS) is 11.4. The maximum absolute atomic E-state index is 12.3. The van der Waals surface area contributed by atoms with Gasteiger partial charge in [-0.3, -0.25) is 0 Å². The number of nitrogens with zero attached hydrogens (tertiary/aromatic N) is 1. The molecule has 0 aliphatic rings. The molecule has 0 bridgehead atoms. The summed E-state index contributed by atoms with van der Waals surface area (Å²) < 4.78 is 36.7. The van der Waals surface area contributed by atoms with Crippen molar-refractivity contribution in [1.82, 2.24) is 4.31 Å². The Morgan fingerprint density at radius 1 is 1.20 bits per heavy atom. The Balaban J connectivity index is 3.19. The number of rotatable bonds is 8. The standard InChI is InChI=1S/C14H21NO4S/c1-5-10-15(4)20(16,17)12-8-9-13(18-6-2)14(11-12)19-7-3/h5,8-9,11H,1,6-7,10H2,2-4H3. The monoisotopic (exact) mass is 299 g/mol. The second kappa shape index (κ2) is 7.31. The van der Waals surface area contributed by atoms with Gasteiger partial charge in [-0.15, -0.1) is 6.58 Å². The second-order valence-electron chi connectivity index (χ2n) is 4.05. The summed E-state index contributed by atoms with van der Waals surface area (Å²) in [5.41, 5.74) is 0. The van der Waals surface area contributed by atoms with Gasteiger partial charge in [-0.1, -0.05) is 6.08 Å². The SMILES string of the molecule is C=CCN(C)S(=O)(=O)c1ccc(OCC)c(OCC)c1. The van der Waals surface area contributed by atoms with Crippen LogP contribution < -0.4 is 9.47 Å². The highest BCUT2D eigenvalue weighted by molar-refractivity contribution is 7.89. The zero-order valence-electron chi connectivity index (χ0n) is 12.1. The van der Waals surface area contributed by atoms with Crippen molar-refractivity contribution < 1.29 is 17.9 Å². The van der Waals surface area contributed by atoms with Crippen LogP contribution in [0.2, 0.25) is 0 Å². The third kappa shape index (κ3) is 3.74. The first-order valence-electron chi connectivity index (χ1n) is 6.44. The van der Waals surface area contributed by atoms with Crippen LogP contribution in [0.4, 0.5) is 0 Å². The highest BCUT2D eigenvalue weighted by Gasteiger charge is 2.21. The molecule has 0 unspecified atom stereocenters. The predicted octanol–water partition coefficient (Wildman–Crippen LogP) is 2.29. The van der Waals surface area contributed by atoms with E-state index in [9.17, 15) is 8.42 Å². The van der Waals surface area contributed by atoms with Gasteiger partial charge in [0.25, 0.3) is 0 Å². The molecular formula is C14H21NO4S. The van der Waals surface area contributed by atoms with Crippen LogP contribution in [0.3, 0.4) is 0 Å². The van der Waals surface area contributed by atoms with Gasteiger partial charge in [-0.05, 0) is 26.0 Å². The van der Waals surface area contributed by atoms with E-state index >= 15 is 0 Å². The molecule has 1 aromatic rings. The van der Waals surface area contributed by atoms with Gasteiger partial charge in [-0.25, -0.2) is 8.42 Å². The van der Waals surface area contributed by atoms with E-state index < -0.39 is 10.0 Å². The largest absolute Gasteiger partial charge is 0.490 e. The lowest BCUT2D eigenvalue weighted by molar-refractivity contribution is 0.287. The molecule has 1 aromatic carbocycles. The number of likely N-dealkylation sites (N-methyl/N-ethyl adjacent to an activating group) is 1. The maximum atomic E-state index is 12.3. The molecule has 1 rings (SSSR count). The molecule has 6 heteroatoms. The molecule has 0 radical (unpaired) electrons. The van der Waals surface area contributed by atoms with Crippen LogP contribution in [0.1, 0.15) is 13.8 Å². The molecule has 0 heterocycles. The van der Waals surface area contributed by atoms with E-state index in [1.54, 1.807) is 6.07 Å². The lowest BCUT2D eigenvalue weighted by Crippen LogP contribution is -2.27. The summed E-state index contributed by atoms with van der Waals surface area (Å²) in [6.07, 6.45) is 1.54. The van der Waals surface area contributed by atoms with E-state index in [1.165, 1.54) is 29.6 Å². The van der Waals surface area contributed by atoms with Gasteiger partial charge in [-0.2, -0.15) is 4.31 Å². The summed E-state index contributed by atoms with van der Waals surface area (Å²) in [7, 11) is -2.04. The van der Waals surface area contributed by atoms with Crippen molar-refractivity contribution in [2.75, 3.05) is 26.8 Å². The van der Waals surface area contributed by atoms with E-state index in [-0.39, 0.29) is 11.4 Å². The van der Waals surface area contributed by atoms with Gasteiger partial charge >= 0.3 is 0 Å². The molecule has 0 N–H and O–H groups in total. The minimum Gasteiger partial charge on any atom is -0.490 e. The molecule has 0 aliphatic heterocycles. The number of sulfonamides is 1. The summed E-state index contributed by atoms with van der Waals surface area (Å²) in [5, 5.41) is 0. The van der Waals surface area contributed by atoms with Crippen molar-refractivity contribution in [2.45, 2.75) is 18.7 Å². The Kier molecular flexibility index (Phi) is 6.04. The van der Waals surface area contributed by atoms with E-state index in [2.05, 4.69) is 6.58 Å². The summed E-state index contributed by atoms with van der Waals surface area (Å²) >= 11 is 0. The van der Waals surface area contributed by atoms with Gasteiger partial charge < -0.3 is 9.47 Å². The van der Waals surface area contributed by atoms with Crippen molar-refractivity contribution in [1.29, 1.82) is 0 Å². The first-order chi connectivity index (χ1) is 9.47. The molecule has 0 atom stereocenters. The molecular weight excluding hydrogens is 278 g/mol. The van der Waals surface area contributed by atoms with Crippen LogP contribution in [0.15, 0.2) is 35.7 Å². The maximum Gasteiger partial charge on any atom is 0.243 e. The highest BCUT2D eigenvalue weighted by Crippen LogP contribution is 2.31. The fraction of sp³-hybridized carbons (Fsp3) is 0.429. The molecule has 112 valence electrons. The van der Waals surface area contributed by atoms with Gasteiger partial charge in [0, 0.05) is 19.7 Å². The molecule has 0 aromatic heterocycles. The lowest BCUT2D eigenvalue weighted by atomic mass is 10.3. The van der Waals surface area contributed by atoms with E-state index in [4.69, 9.17) is 9.47 Å². The van der Waals surface area contributed by atoms with Crippen LogP contribution in [0.5, 0.6) is 11.5 Å². The van der Waals surface area contributed by atoms with Gasteiger partial charge in [0.2, 0.25) is 10.0 Å². The topological polar surface area (TPSA) is 55.8 Å². The quantitative estimate of drug-likeness (QED) is 0.691. The molecule has 5 nitrogen and oxygen atoms in total. The molecule has 0 amide bonds. The summed E-state index contributed by atoms with van der Waals surface area (Å²) in [6, 6.07) is 4.62. The fourth-order valence-electron chi connectivity index (χ4n) is 1.65. The minimum absolute atomic E-state index is 0.175. The van der Waals surface area contributed by atoms with Crippen LogP contribution in [0.25, 0.3) is 0 Å². The van der Waals surface area contributed by atoms with Crippen molar-refractivity contribution in [3.8, 4) is 11.5 Å². The Bertz CT molecular complexity index is 554. The van der Waals surface area contributed by atoms with E-state index in [1.807, 2.05) is 13.8 Å². The Hall–Kier alpha value is -1.53. The Labute approximate surface area is 120 Å². The summed E-state index contributed by atoms with van der Waals surface area (Å²) in [4.78, 5) is 0.175. The zero-order chi connectivity index (χ0) is 15.2. The summed E-state index contributed by atoms with van der Waals surface area (Å²) in [5.74, 6) is 0.974. The molecule has 0 aliphatic carbocycles. The molecule has 0 saturated heterocycles. The van der Waals surface area contributed by atoms with Crippen LogP contribution in [-0.4, -0.2) is 39.5 Å². The number of ether oxygens (including phenoxy) is 2. The molecule has 20 heavy (non-hydrogen) atoms. The average molecular weight is 299 g/mol. The number of hydrogen-bond acceptors (Lipinski definition) is 4. The first kappa shape index (κ1) is 16.5. The fourth-order valence-corrected chi connectivity index (χ4v) is 2.81. The van der Waals surface area contributed by atoms with Crippen LogP contribution >= 0.6 is 0 Å². The predicted molar refractivity (Wildman–Crippen MR) is 78.8 cm³/mol. The number of hydrogen-bond donors (Lipinski definition) is 0. The Morgan fingerprint density at radius 3 is 2.35 bits per heavy atom. The smallest absolute Gasteiger partial charge is 0.243 e. The van der Waals surface area contributed by atoms with Crippen molar-refractivity contribution >= 4 is 10.0 Å². The third-order valence-electron chi connectivity index (χ3n) is 2.61. The number of benzene rings is 1. The van der Waals surface area contributed by atoms with Gasteiger partial charge in [0.05, 0.1) is 18.1 Å². The second-order valence-corrected chi connectivity index (χ2v) is 6.09. The van der Waals surface area contributed by atoms with Gasteiger partial charge in [0.1, 0.15) is 0 Å². The zero-order valence-corrected chi connectivity index (χ0v) is 12.9. The van der Waals surface area contributed by atoms with Crippen LogP contribution in [0, 0.1) is 0 Å². The molecule has 0 spiro atoms. The van der Waals surface area contributed by atoms with Crippen LogP contribution in [-0.2, 0) is 10.0 Å². The average Bonchev–Trinajstić information content (AvgIpc) is 2.41. The van der Waals surface area contributed by atoms with Crippen molar-refractivity contribution in [3.63, 3.8) is 0 Å². The minimum atomic E-state index is -3.55. The van der Waals surface area contributed by atoms with E-state index in [0.29, 0.717) is 24.7 Å². The Morgan fingerprint density at radius 2 is 1.80 bits per heavy atom. The van der Waals surface area contributed by atoms with Gasteiger partial charge in [0.15, 0.2) is 11.5 Å². The molecule has 0 saturated carbocycles. The lowest BCUT2D eigenvalue weighted by Gasteiger charge is -2.17. The van der Waals surface area contributed by atoms with Crippen molar-refractivity contribution in [3.05, 3.63) is 30.9 Å². The highest BCUT2D eigenvalue weighted by atomic mass is 32.2. The third-order valence-corrected chi connectivity index (χ3v) is 4.43. The van der Waals surface area contributed by atoms with E-state index in [0.717, 1.165) is 0 Å². The summed E-state index contributed by atoms with van der Waals surface area (Å²) in [6.45, 7) is 8.41. The molecule has 0 fully saturated rings. The van der Waals surface area contributed by atoms with Crippen molar-refractivity contribution in [2.24, 2.45) is 0 Å².